The van der Waals surface area contributed by atoms with Crippen LogP contribution < -0.4 is 5.32 Å². The van der Waals surface area contributed by atoms with Crippen LogP contribution in [0.3, 0.4) is 0 Å². The van der Waals surface area contributed by atoms with Crippen LogP contribution in [0.5, 0.6) is 0 Å². The van der Waals surface area contributed by atoms with Crippen LogP contribution in [0.4, 0.5) is 0 Å². The lowest BCUT2D eigenvalue weighted by atomic mass is 9.75. The van der Waals surface area contributed by atoms with Gasteiger partial charge in [-0.05, 0) is 39.5 Å². The maximum atomic E-state index is 13.2. The SMILES string of the molecule is CCNC(=O)[C@@]1(Cc2cc(-c3ccc(C)cc3)no2)CCCN(C(=O)C2CCCC2)C1. The van der Waals surface area contributed by atoms with Crippen LogP contribution >= 0.6 is 0 Å². The molecule has 0 unspecified atom stereocenters. The first-order chi connectivity index (χ1) is 15.0. The number of nitrogens with zero attached hydrogens (tertiary/aromatic N) is 2. The van der Waals surface area contributed by atoms with Crippen LogP contribution in [-0.2, 0) is 16.0 Å². The van der Waals surface area contributed by atoms with Gasteiger partial charge in [-0.3, -0.25) is 9.59 Å². The van der Waals surface area contributed by atoms with Gasteiger partial charge < -0.3 is 14.7 Å². The van der Waals surface area contributed by atoms with E-state index in [1.165, 1.54) is 5.56 Å². The lowest BCUT2D eigenvalue weighted by Crippen LogP contribution is -2.55. The van der Waals surface area contributed by atoms with Crippen LogP contribution in [0.15, 0.2) is 34.9 Å². The zero-order chi connectivity index (χ0) is 21.8. The third-order valence-electron chi connectivity index (χ3n) is 6.83. The van der Waals surface area contributed by atoms with Crippen molar-refractivity contribution in [3.05, 3.63) is 41.7 Å². The molecule has 1 aliphatic carbocycles. The van der Waals surface area contributed by atoms with Crippen LogP contribution in [0.25, 0.3) is 11.3 Å². The van der Waals surface area contributed by atoms with Crippen molar-refractivity contribution >= 4 is 11.8 Å². The zero-order valence-corrected chi connectivity index (χ0v) is 18.7. The average Bonchev–Trinajstić information content (AvgIpc) is 3.47. The molecule has 1 saturated carbocycles. The number of nitrogens with one attached hydrogen (secondary N) is 1. The molecule has 2 heterocycles. The van der Waals surface area contributed by atoms with Crippen molar-refractivity contribution in [2.45, 2.75) is 58.8 Å². The molecule has 2 fully saturated rings. The monoisotopic (exact) mass is 423 g/mol. The lowest BCUT2D eigenvalue weighted by molar-refractivity contribution is -0.144. The first-order valence-corrected chi connectivity index (χ1v) is 11.6. The second-order valence-corrected chi connectivity index (χ2v) is 9.21. The fourth-order valence-electron chi connectivity index (χ4n) is 5.10. The van der Waals surface area contributed by atoms with E-state index in [-0.39, 0.29) is 17.7 Å². The van der Waals surface area contributed by atoms with Crippen LogP contribution in [0.1, 0.15) is 56.8 Å². The highest BCUT2D eigenvalue weighted by atomic mass is 16.5. The molecule has 6 nitrogen and oxygen atoms in total. The van der Waals surface area contributed by atoms with E-state index < -0.39 is 5.41 Å². The van der Waals surface area contributed by atoms with Gasteiger partial charge in [0, 0.05) is 43.6 Å². The number of carbonyl (C=O) groups is 2. The number of hydrogen-bond donors (Lipinski definition) is 1. The van der Waals surface area contributed by atoms with Crippen molar-refractivity contribution in [1.82, 2.24) is 15.4 Å². The van der Waals surface area contributed by atoms with Crippen molar-refractivity contribution < 1.29 is 14.1 Å². The summed E-state index contributed by atoms with van der Waals surface area (Å²) < 4.78 is 5.67. The Kier molecular flexibility index (Phi) is 6.44. The topological polar surface area (TPSA) is 75.4 Å². The number of hydrogen-bond acceptors (Lipinski definition) is 4. The lowest BCUT2D eigenvalue weighted by Gasteiger charge is -2.42. The fraction of sp³-hybridized carbons (Fsp3) is 0.560. The van der Waals surface area contributed by atoms with Crippen LogP contribution in [-0.4, -0.2) is 41.5 Å². The smallest absolute Gasteiger partial charge is 0.228 e. The predicted molar refractivity (Wildman–Crippen MR) is 119 cm³/mol. The maximum Gasteiger partial charge on any atom is 0.228 e. The van der Waals surface area contributed by atoms with E-state index in [4.69, 9.17) is 4.52 Å². The van der Waals surface area contributed by atoms with Crippen molar-refractivity contribution in [3.8, 4) is 11.3 Å². The number of carbonyl (C=O) groups excluding carboxylic acids is 2. The Labute approximate surface area is 184 Å². The number of aryl methyl sites for hydroxylation is 1. The normalized spacial score (nSPS) is 21.9. The molecule has 2 aliphatic rings. The minimum Gasteiger partial charge on any atom is -0.361 e. The molecular weight excluding hydrogens is 390 g/mol. The number of benzene rings is 1. The summed E-state index contributed by atoms with van der Waals surface area (Å²) in [6.07, 6.45) is 6.24. The third kappa shape index (κ3) is 4.68. The van der Waals surface area contributed by atoms with Gasteiger partial charge in [-0.15, -0.1) is 0 Å². The summed E-state index contributed by atoms with van der Waals surface area (Å²) in [5, 5.41) is 7.26. The Bertz CT molecular complexity index is 914. The highest BCUT2D eigenvalue weighted by molar-refractivity contribution is 5.85. The molecular formula is C25H33N3O3. The molecule has 4 rings (SSSR count). The van der Waals surface area contributed by atoms with Crippen molar-refractivity contribution in [3.63, 3.8) is 0 Å². The van der Waals surface area contributed by atoms with Gasteiger partial charge in [-0.25, -0.2) is 0 Å². The summed E-state index contributed by atoms with van der Waals surface area (Å²) in [6, 6.07) is 10.1. The first-order valence-electron chi connectivity index (χ1n) is 11.6. The fourth-order valence-corrected chi connectivity index (χ4v) is 5.10. The van der Waals surface area contributed by atoms with E-state index in [0.29, 0.717) is 25.3 Å². The maximum absolute atomic E-state index is 13.2. The molecule has 2 aromatic rings. The van der Waals surface area contributed by atoms with E-state index >= 15 is 0 Å². The summed E-state index contributed by atoms with van der Waals surface area (Å²) in [5.41, 5.74) is 2.29. The average molecular weight is 424 g/mol. The minimum atomic E-state index is -0.674. The standard InChI is InChI=1S/C25H33N3O3/c1-3-26-24(30)25(13-6-14-28(17-25)23(29)20-7-4-5-8-20)16-21-15-22(27-31-21)19-11-9-18(2)10-12-19/h9-12,15,20H,3-8,13-14,16-17H2,1-2H3,(H,26,30)/t25-/m1/s1. The molecule has 166 valence electrons. The Balaban J connectivity index is 1.55. The predicted octanol–water partition coefficient (Wildman–Crippen LogP) is 4.13. The van der Waals surface area contributed by atoms with Gasteiger partial charge in [0.05, 0.1) is 5.41 Å². The molecule has 31 heavy (non-hydrogen) atoms. The van der Waals surface area contributed by atoms with E-state index in [0.717, 1.165) is 56.3 Å². The molecule has 1 aliphatic heterocycles. The van der Waals surface area contributed by atoms with Crippen molar-refractivity contribution in [2.75, 3.05) is 19.6 Å². The molecule has 6 heteroatoms. The summed E-state index contributed by atoms with van der Waals surface area (Å²) in [6.45, 7) is 5.74. The van der Waals surface area contributed by atoms with Gasteiger partial charge >= 0.3 is 0 Å². The number of likely N-dealkylation sites (tertiary alicyclic amines) is 1. The Morgan fingerprint density at radius 2 is 1.94 bits per heavy atom. The molecule has 1 N–H and O–H groups in total. The second-order valence-electron chi connectivity index (χ2n) is 9.21. The third-order valence-corrected chi connectivity index (χ3v) is 6.83. The molecule has 1 aromatic carbocycles. The van der Waals surface area contributed by atoms with Crippen molar-refractivity contribution in [2.24, 2.45) is 11.3 Å². The van der Waals surface area contributed by atoms with E-state index in [1.807, 2.05) is 42.2 Å². The summed E-state index contributed by atoms with van der Waals surface area (Å²) in [7, 11) is 0. The van der Waals surface area contributed by atoms with Crippen LogP contribution in [0, 0.1) is 18.3 Å². The number of amides is 2. The number of aromatic nitrogens is 1. The summed E-state index contributed by atoms with van der Waals surface area (Å²) in [4.78, 5) is 28.2. The van der Waals surface area contributed by atoms with Gasteiger partial charge in [-0.2, -0.15) is 0 Å². The minimum absolute atomic E-state index is 0.00667. The summed E-state index contributed by atoms with van der Waals surface area (Å²) >= 11 is 0. The Morgan fingerprint density at radius 1 is 1.19 bits per heavy atom. The highest BCUT2D eigenvalue weighted by Crippen LogP contribution is 2.37. The number of piperidine rings is 1. The summed E-state index contributed by atoms with van der Waals surface area (Å²) in [5.74, 6) is 1.05. The van der Waals surface area contributed by atoms with Gasteiger partial charge in [0.2, 0.25) is 11.8 Å². The number of rotatable bonds is 6. The zero-order valence-electron chi connectivity index (χ0n) is 18.7. The Hall–Kier alpha value is -2.63. The van der Waals surface area contributed by atoms with E-state index in [9.17, 15) is 9.59 Å². The highest BCUT2D eigenvalue weighted by Gasteiger charge is 2.45. The van der Waals surface area contributed by atoms with Gasteiger partial charge in [0.15, 0.2) is 0 Å². The van der Waals surface area contributed by atoms with Gasteiger partial charge in [-0.1, -0.05) is 47.8 Å². The van der Waals surface area contributed by atoms with Gasteiger partial charge in [0.1, 0.15) is 11.5 Å². The molecule has 2 amide bonds. The second kappa shape index (κ2) is 9.25. The first kappa shape index (κ1) is 21.6. The quantitative estimate of drug-likeness (QED) is 0.758. The largest absolute Gasteiger partial charge is 0.361 e. The molecule has 0 radical (unpaired) electrons. The van der Waals surface area contributed by atoms with E-state index in [2.05, 4.69) is 17.4 Å². The van der Waals surface area contributed by atoms with E-state index in [1.54, 1.807) is 0 Å². The molecule has 1 saturated heterocycles. The molecule has 0 spiro atoms. The molecule has 0 bridgehead atoms. The molecule has 1 aromatic heterocycles. The molecule has 1 atom stereocenters. The Morgan fingerprint density at radius 3 is 2.65 bits per heavy atom. The van der Waals surface area contributed by atoms with Crippen molar-refractivity contribution in [1.29, 1.82) is 0 Å². The van der Waals surface area contributed by atoms with Crippen LogP contribution in [0.2, 0.25) is 0 Å². The van der Waals surface area contributed by atoms with Gasteiger partial charge in [0.25, 0.3) is 0 Å².